The Morgan fingerprint density at radius 3 is 1.08 bits per heavy atom. The van der Waals surface area contributed by atoms with Gasteiger partial charge < -0.3 is 31.1 Å². The van der Waals surface area contributed by atoms with Gasteiger partial charge >= 0.3 is 0 Å². The largest absolute Gasteiger partial charge is 0.368 e. The van der Waals surface area contributed by atoms with E-state index in [1.165, 1.54) is 71.5 Å². The topological polar surface area (TPSA) is 54.6 Å². The van der Waals surface area contributed by atoms with Crippen LogP contribution in [0, 0.1) is 48.7 Å². The van der Waals surface area contributed by atoms with Crippen LogP contribution >= 0.6 is 98.3 Å². The molecule has 3 aliphatic heterocycles. The number of aryl methyl sites for hydroxylation is 6. The van der Waals surface area contributed by atoms with Crippen LogP contribution in [0.3, 0.4) is 0 Å². The highest BCUT2D eigenvalue weighted by Crippen LogP contribution is 2.38. The van der Waals surface area contributed by atoms with Crippen LogP contribution in [0.5, 0.6) is 0 Å². The predicted octanol–water partition coefficient (Wildman–Crippen LogP) is 13.0. The first-order chi connectivity index (χ1) is 31.5. The molecular formula is C54H69BrI2N6S3. The lowest BCUT2D eigenvalue weighted by molar-refractivity contribution is 0.534. The molecule has 6 aromatic rings. The zero-order chi connectivity index (χ0) is 46.4. The molecule has 6 nitrogen and oxygen atoms in total. The molecular weight excluding hydrogens is 1160 g/mol. The van der Waals surface area contributed by atoms with Gasteiger partial charge in [-0.05, 0) is 158 Å². The Morgan fingerprint density at radius 1 is 0.409 bits per heavy atom. The minimum absolute atomic E-state index is 0. The Morgan fingerprint density at radius 2 is 0.742 bits per heavy atom. The average molecular weight is 1230 g/mol. The third-order valence-electron chi connectivity index (χ3n) is 10.9. The fourth-order valence-corrected chi connectivity index (χ4v) is 10.3. The van der Waals surface area contributed by atoms with Gasteiger partial charge in [-0.3, -0.25) is 0 Å². The van der Waals surface area contributed by atoms with Gasteiger partial charge in [0.1, 0.15) is 0 Å². The van der Waals surface area contributed by atoms with Crippen molar-refractivity contribution in [1.82, 2.24) is 21.3 Å². The summed E-state index contributed by atoms with van der Waals surface area (Å²) in [4.78, 5) is 11.5. The van der Waals surface area contributed by atoms with E-state index in [2.05, 4.69) is 240 Å². The molecule has 3 aliphatic rings. The molecule has 0 unspecified atom stereocenters. The van der Waals surface area contributed by atoms with Crippen molar-refractivity contribution >= 4 is 110 Å². The van der Waals surface area contributed by atoms with Crippen molar-refractivity contribution in [3.63, 3.8) is 0 Å². The van der Waals surface area contributed by atoms with E-state index in [1.54, 1.807) is 0 Å². The molecule has 0 amide bonds. The second-order valence-electron chi connectivity index (χ2n) is 16.4. The maximum Gasteiger partial charge on any atom is 0.0508 e. The van der Waals surface area contributed by atoms with E-state index in [4.69, 9.17) is 0 Å². The summed E-state index contributed by atoms with van der Waals surface area (Å²) in [5, 5.41) is 13.3. The monoisotopic (exact) mass is 1230 g/mol. The van der Waals surface area contributed by atoms with Crippen molar-refractivity contribution in [2.24, 2.45) is 0 Å². The van der Waals surface area contributed by atoms with E-state index in [0.717, 1.165) is 83.4 Å². The molecule has 3 fully saturated rings. The van der Waals surface area contributed by atoms with Crippen LogP contribution in [0.2, 0.25) is 0 Å². The van der Waals surface area contributed by atoms with Gasteiger partial charge in [-0.25, -0.2) is 0 Å². The summed E-state index contributed by atoms with van der Waals surface area (Å²) in [7, 11) is 0. The van der Waals surface area contributed by atoms with Crippen molar-refractivity contribution in [1.29, 1.82) is 0 Å². The molecule has 4 N–H and O–H groups in total. The summed E-state index contributed by atoms with van der Waals surface area (Å²) < 4.78 is 2.65. The lowest BCUT2D eigenvalue weighted by Gasteiger charge is -2.31. The highest BCUT2D eigenvalue weighted by molar-refractivity contribution is 14.1. The molecule has 0 bridgehead atoms. The van der Waals surface area contributed by atoms with E-state index in [0.29, 0.717) is 0 Å². The van der Waals surface area contributed by atoms with E-state index < -0.39 is 0 Å². The van der Waals surface area contributed by atoms with Gasteiger partial charge in [-0.2, -0.15) is 0 Å². The molecule has 354 valence electrons. The molecule has 0 aromatic heterocycles. The molecule has 66 heavy (non-hydrogen) atoms. The zero-order valence-corrected chi connectivity index (χ0v) is 48.0. The molecule has 3 saturated heterocycles. The number of halogens is 3. The van der Waals surface area contributed by atoms with Gasteiger partial charge in [-0.1, -0.05) is 113 Å². The number of nitrogens with one attached hydrogen (secondary N) is 4. The van der Waals surface area contributed by atoms with E-state index in [9.17, 15) is 0 Å². The van der Waals surface area contributed by atoms with Gasteiger partial charge in [0.2, 0.25) is 0 Å². The van der Waals surface area contributed by atoms with Crippen LogP contribution in [-0.2, 0) is 0 Å². The first-order valence-electron chi connectivity index (χ1n) is 22.7. The van der Waals surface area contributed by atoms with E-state index in [1.807, 2.05) is 41.7 Å². The Bertz CT molecular complexity index is 2210. The SMILES string of the molecule is Br.C1CNCCN1.Cc1ccc(S)c(C)c1.Cc1ccc(Sc2ccccc2N2CCNCC2)c(C)c1.Cc1ccc(Sc2ccccc2N2CCNCC2)c(C)c1.Ic1ccccc1I. The Kier molecular flexibility index (Phi) is 26.5. The highest BCUT2D eigenvalue weighted by Gasteiger charge is 2.16. The summed E-state index contributed by atoms with van der Waals surface area (Å²) in [5.41, 5.74) is 10.6. The van der Waals surface area contributed by atoms with E-state index >= 15 is 0 Å². The maximum atomic E-state index is 4.25. The van der Waals surface area contributed by atoms with Crippen LogP contribution in [0.1, 0.15) is 33.4 Å². The second-order valence-corrected chi connectivity index (χ2v) is 21.3. The van der Waals surface area contributed by atoms with E-state index in [-0.39, 0.29) is 17.0 Å². The summed E-state index contributed by atoms with van der Waals surface area (Å²) in [5.74, 6) is 0. The number of nitrogens with zero attached hydrogens (tertiary/aromatic N) is 2. The predicted molar refractivity (Wildman–Crippen MR) is 314 cm³/mol. The quantitative estimate of drug-likeness (QED) is 0.0836. The smallest absolute Gasteiger partial charge is 0.0508 e. The van der Waals surface area contributed by atoms with Crippen molar-refractivity contribution in [2.75, 3.05) is 88.3 Å². The molecule has 0 spiro atoms. The molecule has 12 heteroatoms. The van der Waals surface area contributed by atoms with Crippen molar-refractivity contribution in [3.8, 4) is 0 Å². The Balaban J connectivity index is 0.000000196. The van der Waals surface area contributed by atoms with Crippen LogP contribution in [0.15, 0.2) is 152 Å². The third-order valence-corrected chi connectivity index (χ3v) is 16.8. The van der Waals surface area contributed by atoms with Gasteiger partial charge in [-0.15, -0.1) is 29.6 Å². The minimum atomic E-state index is 0. The molecule has 0 radical (unpaired) electrons. The highest BCUT2D eigenvalue weighted by atomic mass is 127. The van der Waals surface area contributed by atoms with Gasteiger partial charge in [0.05, 0.1) is 11.4 Å². The van der Waals surface area contributed by atoms with Gasteiger partial charge in [0.25, 0.3) is 0 Å². The fraction of sp³-hybridized carbons (Fsp3) is 0.333. The van der Waals surface area contributed by atoms with Crippen molar-refractivity contribution in [2.45, 2.75) is 66.0 Å². The third kappa shape index (κ3) is 19.6. The minimum Gasteiger partial charge on any atom is -0.368 e. The van der Waals surface area contributed by atoms with Crippen LogP contribution < -0.4 is 31.1 Å². The van der Waals surface area contributed by atoms with Crippen LogP contribution in [0.4, 0.5) is 11.4 Å². The summed E-state index contributed by atoms with van der Waals surface area (Å²) in [6.45, 7) is 26.0. The first-order valence-corrected chi connectivity index (χ1v) is 26.9. The Labute approximate surface area is 448 Å². The fourth-order valence-electron chi connectivity index (χ4n) is 7.33. The molecule has 9 rings (SSSR count). The summed E-state index contributed by atoms with van der Waals surface area (Å²) in [6, 6.07) is 45.4. The van der Waals surface area contributed by atoms with Crippen LogP contribution in [0.25, 0.3) is 0 Å². The first kappa shape index (κ1) is 56.3. The number of benzene rings is 6. The molecule has 6 aromatic carbocycles. The number of hydrogen-bond donors (Lipinski definition) is 5. The maximum absolute atomic E-state index is 4.25. The lowest BCUT2D eigenvalue weighted by atomic mass is 10.2. The van der Waals surface area contributed by atoms with Crippen LogP contribution in [-0.4, -0.2) is 78.5 Å². The molecule has 0 saturated carbocycles. The van der Waals surface area contributed by atoms with Gasteiger partial charge in [0.15, 0.2) is 0 Å². The summed E-state index contributed by atoms with van der Waals surface area (Å²) in [6.07, 6.45) is 0. The molecule has 0 aliphatic carbocycles. The number of rotatable bonds is 6. The van der Waals surface area contributed by atoms with Gasteiger partial charge in [0, 0.05) is 110 Å². The number of thiol groups is 1. The molecule has 0 atom stereocenters. The normalized spacial score (nSPS) is 14.3. The zero-order valence-electron chi connectivity index (χ0n) is 39.4. The molecule has 3 heterocycles. The lowest BCUT2D eigenvalue weighted by Crippen LogP contribution is -2.43. The second kappa shape index (κ2) is 31.1. The number of piperazine rings is 3. The summed E-state index contributed by atoms with van der Waals surface area (Å²) >= 11 is 12.6. The van der Waals surface area contributed by atoms with Crippen molar-refractivity contribution in [3.05, 3.63) is 168 Å². The standard InChI is InChI=1S/2C18H22N2S.C8H10S.C6H4I2.C4H10N2.BrH/c2*1-14-7-8-17(15(2)13-14)21-18-6-4-3-5-16(18)20-11-9-19-10-12-20;1-6-3-4-8(9)7(2)5-6;7-5-3-1-2-4-6(5)8;1-2-6-4-3-5-1;/h2*3-8,13,19H,9-12H2,1-2H3;3-5,9H,1-2H3;1-4H;5-6H,1-4H2;1H. The van der Waals surface area contributed by atoms with Crippen molar-refractivity contribution < 1.29 is 0 Å². The Hall–Kier alpha value is -2.25. The number of hydrogen-bond acceptors (Lipinski definition) is 9. The number of para-hydroxylation sites is 2. The number of anilines is 2. The average Bonchev–Trinajstić information content (AvgIpc) is 3.33.